The highest BCUT2D eigenvalue weighted by Crippen LogP contribution is 2.18. The van der Waals surface area contributed by atoms with E-state index in [2.05, 4.69) is 5.32 Å². The zero-order valence-electron chi connectivity index (χ0n) is 13.0. The topological polar surface area (TPSA) is 55.4 Å². The number of ether oxygens (including phenoxy) is 1. The van der Waals surface area contributed by atoms with Gasteiger partial charge in [-0.05, 0) is 29.3 Å². The Hall–Kier alpha value is -2.36. The Morgan fingerprint density at radius 1 is 1.14 bits per heavy atom. The Morgan fingerprint density at radius 3 is 2.59 bits per heavy atom. The largest absolute Gasteiger partial charge is 0.455 e. The number of hydrogen-bond donors (Lipinski definition) is 1. The number of carbonyl (C=O) groups excluding carboxylic acids is 2. The van der Waals surface area contributed by atoms with E-state index in [1.165, 1.54) is 0 Å². The summed E-state index contributed by atoms with van der Waals surface area (Å²) in [6.07, 6.45) is 1.69. The van der Waals surface area contributed by atoms with Crippen LogP contribution in [-0.2, 0) is 14.3 Å². The number of fused-ring (bicyclic) bond motifs is 1. The van der Waals surface area contributed by atoms with Gasteiger partial charge in [-0.2, -0.15) is 0 Å². The summed E-state index contributed by atoms with van der Waals surface area (Å²) >= 11 is 0. The second-order valence-electron chi connectivity index (χ2n) is 5.41. The quantitative estimate of drug-likeness (QED) is 0.826. The Balaban J connectivity index is 1.89. The molecule has 0 fully saturated rings. The maximum absolute atomic E-state index is 11.8. The second-order valence-corrected chi connectivity index (χ2v) is 5.41. The third-order valence-electron chi connectivity index (χ3n) is 3.50. The van der Waals surface area contributed by atoms with E-state index in [-0.39, 0.29) is 24.4 Å². The minimum atomic E-state index is -0.327. The van der Waals surface area contributed by atoms with Gasteiger partial charge in [-0.25, -0.2) is 0 Å². The molecular formula is C18H21NO3. The predicted molar refractivity (Wildman–Crippen MR) is 87.6 cm³/mol. The first-order valence-corrected chi connectivity index (χ1v) is 7.55. The monoisotopic (exact) mass is 299 g/mol. The van der Waals surface area contributed by atoms with Gasteiger partial charge in [-0.3, -0.25) is 9.59 Å². The van der Waals surface area contributed by atoms with Crippen molar-refractivity contribution in [2.24, 2.45) is 5.92 Å². The van der Waals surface area contributed by atoms with Crippen molar-refractivity contribution in [1.82, 2.24) is 0 Å². The Bertz CT molecular complexity index is 666. The molecule has 1 unspecified atom stereocenters. The molecule has 2 aromatic rings. The van der Waals surface area contributed by atoms with Gasteiger partial charge >= 0.3 is 5.97 Å². The lowest BCUT2D eigenvalue weighted by atomic mass is 10.1. The molecule has 0 aliphatic carbocycles. The Kier molecular flexibility index (Phi) is 5.53. The average Bonchev–Trinajstić information content (AvgIpc) is 2.52. The second kappa shape index (κ2) is 7.59. The first kappa shape index (κ1) is 16.0. The van der Waals surface area contributed by atoms with E-state index in [9.17, 15) is 9.59 Å². The third kappa shape index (κ3) is 4.32. The number of hydrogen-bond acceptors (Lipinski definition) is 3. The smallest absolute Gasteiger partial charge is 0.309 e. The van der Waals surface area contributed by atoms with Crippen LogP contribution in [0.3, 0.4) is 0 Å². The van der Waals surface area contributed by atoms with Crippen LogP contribution >= 0.6 is 0 Å². The van der Waals surface area contributed by atoms with Crippen molar-refractivity contribution in [1.29, 1.82) is 0 Å². The molecular weight excluding hydrogens is 278 g/mol. The van der Waals surface area contributed by atoms with Crippen molar-refractivity contribution in [3.05, 3.63) is 42.5 Å². The zero-order chi connectivity index (χ0) is 15.9. The van der Waals surface area contributed by atoms with Crippen LogP contribution < -0.4 is 5.32 Å². The lowest BCUT2D eigenvalue weighted by Gasteiger charge is -2.11. The highest BCUT2D eigenvalue weighted by atomic mass is 16.5. The van der Waals surface area contributed by atoms with E-state index in [4.69, 9.17) is 4.74 Å². The fourth-order valence-corrected chi connectivity index (χ4v) is 2.29. The molecule has 2 aromatic carbocycles. The van der Waals surface area contributed by atoms with Gasteiger partial charge in [0, 0.05) is 5.69 Å². The van der Waals surface area contributed by atoms with Crippen molar-refractivity contribution < 1.29 is 14.3 Å². The third-order valence-corrected chi connectivity index (χ3v) is 3.50. The van der Waals surface area contributed by atoms with Gasteiger partial charge in [0.2, 0.25) is 0 Å². The Labute approximate surface area is 130 Å². The van der Waals surface area contributed by atoms with Gasteiger partial charge in [-0.15, -0.1) is 0 Å². The first-order valence-electron chi connectivity index (χ1n) is 7.55. The SMILES string of the molecule is CCCC(C)C(=O)OCC(=O)Nc1ccc2ccccc2c1. The van der Waals surface area contributed by atoms with Crippen molar-refractivity contribution >= 4 is 28.3 Å². The van der Waals surface area contributed by atoms with E-state index < -0.39 is 0 Å². The molecule has 0 heterocycles. The molecule has 116 valence electrons. The number of carbonyl (C=O) groups is 2. The number of esters is 1. The molecule has 1 amide bonds. The van der Waals surface area contributed by atoms with Gasteiger partial charge in [0.25, 0.3) is 5.91 Å². The van der Waals surface area contributed by atoms with Crippen LogP contribution in [0.15, 0.2) is 42.5 Å². The summed E-state index contributed by atoms with van der Waals surface area (Å²) in [4.78, 5) is 23.5. The molecule has 0 saturated heterocycles. The maximum atomic E-state index is 11.8. The van der Waals surface area contributed by atoms with Gasteiger partial charge in [0.15, 0.2) is 6.61 Å². The van der Waals surface area contributed by atoms with Gasteiger partial charge < -0.3 is 10.1 Å². The van der Waals surface area contributed by atoms with Crippen LogP contribution in [0.25, 0.3) is 10.8 Å². The molecule has 4 nitrogen and oxygen atoms in total. The lowest BCUT2D eigenvalue weighted by molar-refractivity contribution is -0.151. The summed E-state index contributed by atoms with van der Waals surface area (Å²) in [6, 6.07) is 13.6. The molecule has 4 heteroatoms. The molecule has 0 aliphatic rings. The fourth-order valence-electron chi connectivity index (χ4n) is 2.29. The molecule has 0 spiro atoms. The van der Waals surface area contributed by atoms with Crippen LogP contribution in [0.1, 0.15) is 26.7 Å². The minimum absolute atomic E-state index is 0.168. The summed E-state index contributed by atoms with van der Waals surface area (Å²) in [6.45, 7) is 3.57. The molecule has 0 radical (unpaired) electrons. The van der Waals surface area contributed by atoms with E-state index >= 15 is 0 Å². The number of benzene rings is 2. The number of anilines is 1. The summed E-state index contributed by atoms with van der Waals surface area (Å²) in [5.41, 5.74) is 0.696. The number of nitrogens with one attached hydrogen (secondary N) is 1. The molecule has 0 aromatic heterocycles. The van der Waals surface area contributed by atoms with E-state index in [1.807, 2.05) is 56.3 Å². The normalized spacial score (nSPS) is 11.9. The van der Waals surface area contributed by atoms with Crippen molar-refractivity contribution in [3.8, 4) is 0 Å². The lowest BCUT2D eigenvalue weighted by Crippen LogP contribution is -2.23. The molecule has 0 bridgehead atoms. The van der Waals surface area contributed by atoms with Crippen molar-refractivity contribution in [3.63, 3.8) is 0 Å². The molecule has 22 heavy (non-hydrogen) atoms. The number of rotatable bonds is 6. The van der Waals surface area contributed by atoms with E-state index in [0.29, 0.717) is 5.69 Å². The highest BCUT2D eigenvalue weighted by molar-refractivity contribution is 5.95. The van der Waals surface area contributed by atoms with E-state index in [1.54, 1.807) is 0 Å². The summed E-state index contributed by atoms with van der Waals surface area (Å²) in [7, 11) is 0. The Morgan fingerprint density at radius 2 is 1.86 bits per heavy atom. The van der Waals surface area contributed by atoms with Crippen molar-refractivity contribution in [2.45, 2.75) is 26.7 Å². The molecule has 2 rings (SSSR count). The predicted octanol–water partition coefficient (Wildman–Crippen LogP) is 3.76. The maximum Gasteiger partial charge on any atom is 0.309 e. The van der Waals surface area contributed by atoms with E-state index in [0.717, 1.165) is 23.6 Å². The fraction of sp³-hybridized carbons (Fsp3) is 0.333. The zero-order valence-corrected chi connectivity index (χ0v) is 13.0. The summed E-state index contributed by atoms with van der Waals surface area (Å²) < 4.78 is 5.03. The highest BCUT2D eigenvalue weighted by Gasteiger charge is 2.15. The molecule has 0 aliphatic heterocycles. The first-order chi connectivity index (χ1) is 10.6. The standard InChI is InChI=1S/C18H21NO3/c1-3-6-13(2)18(21)22-12-17(20)19-16-10-9-14-7-4-5-8-15(14)11-16/h4-5,7-11,13H,3,6,12H2,1-2H3,(H,19,20). The van der Waals surface area contributed by atoms with Crippen LogP contribution in [0.5, 0.6) is 0 Å². The van der Waals surface area contributed by atoms with Crippen LogP contribution in [0, 0.1) is 5.92 Å². The van der Waals surface area contributed by atoms with Crippen LogP contribution in [0.4, 0.5) is 5.69 Å². The summed E-state index contributed by atoms with van der Waals surface area (Å²) in [5, 5.41) is 4.91. The van der Waals surface area contributed by atoms with Gasteiger partial charge in [-0.1, -0.05) is 50.6 Å². The minimum Gasteiger partial charge on any atom is -0.455 e. The summed E-state index contributed by atoms with van der Waals surface area (Å²) in [5.74, 6) is -0.818. The molecule has 1 atom stereocenters. The van der Waals surface area contributed by atoms with Crippen LogP contribution in [-0.4, -0.2) is 18.5 Å². The number of amides is 1. The van der Waals surface area contributed by atoms with Crippen LogP contribution in [0.2, 0.25) is 0 Å². The van der Waals surface area contributed by atoms with Crippen molar-refractivity contribution in [2.75, 3.05) is 11.9 Å². The molecule has 1 N–H and O–H groups in total. The van der Waals surface area contributed by atoms with Gasteiger partial charge in [0.1, 0.15) is 0 Å². The molecule has 0 saturated carbocycles. The average molecular weight is 299 g/mol. The van der Waals surface area contributed by atoms with Gasteiger partial charge in [0.05, 0.1) is 5.92 Å².